The molecule has 1 unspecified atom stereocenters. The molecule has 0 aromatic rings. The Bertz CT molecular complexity index is 1010. The first-order chi connectivity index (χ1) is 15.8. The minimum atomic E-state index is -1.57. The number of allylic oxidation sites excluding steroid dienone is 2. The van der Waals surface area contributed by atoms with Gasteiger partial charge in [0.05, 0.1) is 7.11 Å². The average molecular weight is 473 g/mol. The van der Waals surface area contributed by atoms with Crippen molar-refractivity contribution in [3.8, 4) is 0 Å². The molecule has 0 radical (unpaired) electrons. The summed E-state index contributed by atoms with van der Waals surface area (Å²) in [6, 6.07) is 0. The summed E-state index contributed by atoms with van der Waals surface area (Å²) in [7, 11) is 1.47. The van der Waals surface area contributed by atoms with Gasteiger partial charge < -0.3 is 9.47 Å². The van der Waals surface area contributed by atoms with Crippen molar-refractivity contribution < 1.29 is 29.2 Å². The molecule has 0 aromatic heterocycles. The molecule has 4 fully saturated rings. The highest BCUT2D eigenvalue weighted by atomic mass is 17.1. The zero-order chi connectivity index (χ0) is 24.9. The fourth-order valence-electron chi connectivity index (χ4n) is 9.44. The van der Waals surface area contributed by atoms with Gasteiger partial charge in [-0.2, -0.15) is 0 Å². The van der Waals surface area contributed by atoms with Crippen LogP contribution in [0.25, 0.3) is 0 Å². The molecule has 6 heteroatoms. The first kappa shape index (κ1) is 24.1. The second-order valence-corrected chi connectivity index (χ2v) is 12.8. The molecule has 5 aliphatic rings. The van der Waals surface area contributed by atoms with Crippen LogP contribution in [0.15, 0.2) is 23.2 Å². The molecular weight excluding hydrogens is 432 g/mol. The Kier molecular flexibility index (Phi) is 5.09. The largest absolute Gasteiger partial charge is 0.493 e. The van der Waals surface area contributed by atoms with Gasteiger partial charge in [-0.25, -0.2) is 4.89 Å². The number of ketones is 2. The normalized spacial score (nSPS) is 47.5. The van der Waals surface area contributed by atoms with Gasteiger partial charge in [0.1, 0.15) is 17.1 Å². The molecule has 0 aromatic carbocycles. The highest BCUT2D eigenvalue weighted by Crippen LogP contribution is 2.73. The molecule has 34 heavy (non-hydrogen) atoms. The van der Waals surface area contributed by atoms with Crippen LogP contribution < -0.4 is 0 Å². The molecule has 0 amide bonds. The van der Waals surface area contributed by atoms with Crippen LogP contribution in [0.3, 0.4) is 0 Å². The van der Waals surface area contributed by atoms with E-state index in [2.05, 4.69) is 34.6 Å². The van der Waals surface area contributed by atoms with Crippen molar-refractivity contribution in [2.75, 3.05) is 7.11 Å². The van der Waals surface area contributed by atoms with Crippen molar-refractivity contribution in [3.63, 3.8) is 0 Å². The smallest absolute Gasteiger partial charge is 0.240 e. The number of ether oxygens (including phenoxy) is 2. The minimum Gasteiger partial charge on any atom is -0.493 e. The van der Waals surface area contributed by atoms with Crippen LogP contribution >= 0.6 is 0 Å². The van der Waals surface area contributed by atoms with Gasteiger partial charge in [-0.15, -0.1) is 0 Å². The number of Topliss-reactive ketones (excluding diaryl/α,β-unsaturated/α-hetero) is 2. The number of hydrogen-bond acceptors (Lipinski definition) is 6. The third-order valence-corrected chi connectivity index (χ3v) is 11.3. The minimum absolute atomic E-state index is 0.0191. The summed E-state index contributed by atoms with van der Waals surface area (Å²) in [5.74, 6) is 1.49. The number of carbonyl (C=O) groups is 2. The monoisotopic (exact) mass is 472 g/mol. The summed E-state index contributed by atoms with van der Waals surface area (Å²) in [5, 5.41) is 10.2. The Morgan fingerprint density at radius 3 is 2.41 bits per heavy atom. The molecule has 1 heterocycles. The fraction of sp³-hybridized carbons (Fsp3) is 0.786. The van der Waals surface area contributed by atoms with Crippen LogP contribution in [0.2, 0.25) is 0 Å². The van der Waals surface area contributed by atoms with E-state index in [9.17, 15) is 14.8 Å². The van der Waals surface area contributed by atoms with Crippen molar-refractivity contribution in [3.05, 3.63) is 23.2 Å². The lowest BCUT2D eigenvalue weighted by Gasteiger charge is -2.68. The summed E-state index contributed by atoms with van der Waals surface area (Å²) >= 11 is 0. The van der Waals surface area contributed by atoms with E-state index >= 15 is 0 Å². The molecule has 5 rings (SSSR count). The summed E-state index contributed by atoms with van der Waals surface area (Å²) in [4.78, 5) is 31.5. The molecular formula is C28H40O6. The SMILES string of the molecule is COC1=CC(C)=C2O[C@]3(CC2(OO)C1=O)[C@@H](C)CC[C@@H]1[C@@]2(C)CCC(=O)C(C)(C)[C@@H]2CC[C@]13C. The van der Waals surface area contributed by atoms with Gasteiger partial charge in [0.15, 0.2) is 5.76 Å². The van der Waals surface area contributed by atoms with Crippen molar-refractivity contribution in [1.29, 1.82) is 0 Å². The van der Waals surface area contributed by atoms with Crippen LogP contribution in [0.4, 0.5) is 0 Å². The molecule has 1 N–H and O–H groups in total. The van der Waals surface area contributed by atoms with Gasteiger partial charge in [0.2, 0.25) is 11.4 Å². The predicted molar refractivity (Wildman–Crippen MR) is 127 cm³/mol. The average Bonchev–Trinajstić information content (AvgIpc) is 3.17. The zero-order valence-electron chi connectivity index (χ0n) is 21.7. The zero-order valence-corrected chi connectivity index (χ0v) is 21.7. The summed E-state index contributed by atoms with van der Waals surface area (Å²) < 4.78 is 12.3. The molecule has 4 aliphatic carbocycles. The molecule has 0 bridgehead atoms. The first-order valence-corrected chi connectivity index (χ1v) is 12.9. The summed E-state index contributed by atoms with van der Waals surface area (Å²) in [5.41, 5.74) is -1.99. The third-order valence-electron chi connectivity index (χ3n) is 11.3. The van der Waals surface area contributed by atoms with Crippen LogP contribution in [0, 0.1) is 34.0 Å². The molecule has 1 saturated heterocycles. The van der Waals surface area contributed by atoms with Crippen molar-refractivity contribution in [2.24, 2.45) is 34.0 Å². The van der Waals surface area contributed by atoms with Gasteiger partial charge in [-0.1, -0.05) is 34.6 Å². The highest BCUT2D eigenvalue weighted by Gasteiger charge is 2.75. The molecule has 3 saturated carbocycles. The van der Waals surface area contributed by atoms with E-state index < -0.39 is 11.2 Å². The number of hydrogen-bond donors (Lipinski definition) is 1. The van der Waals surface area contributed by atoms with Gasteiger partial charge >= 0.3 is 0 Å². The maximum Gasteiger partial charge on any atom is 0.240 e. The van der Waals surface area contributed by atoms with Crippen LogP contribution in [-0.4, -0.2) is 35.1 Å². The summed E-state index contributed by atoms with van der Waals surface area (Å²) in [6.07, 6.45) is 7.44. The number of fused-ring (bicyclic) bond motifs is 5. The van der Waals surface area contributed by atoms with Crippen LogP contribution in [0.5, 0.6) is 0 Å². The van der Waals surface area contributed by atoms with Gasteiger partial charge in [-0.3, -0.25) is 14.8 Å². The van der Waals surface area contributed by atoms with Gasteiger partial charge in [-0.05, 0) is 73.8 Å². The Hall–Kier alpha value is -1.66. The maximum absolute atomic E-state index is 13.5. The van der Waals surface area contributed by atoms with Crippen molar-refractivity contribution in [2.45, 2.75) is 97.7 Å². The predicted octanol–water partition coefficient (Wildman–Crippen LogP) is 5.62. The van der Waals surface area contributed by atoms with Crippen LogP contribution in [-0.2, 0) is 24.0 Å². The standard InChI is InChI=1S/C28H40O6/c1-16-14-18(32-7)22(30)27(34-31)15-28(33-23(16)27)17(2)8-9-20-25(5)12-11-21(29)24(3,4)19(25)10-13-26(20,28)6/h14,17,19-20,31H,8-13,15H2,1-7H3/t17-,19-,20+,25-,26+,27?,28+/m0/s1. The lowest BCUT2D eigenvalue weighted by atomic mass is 9.37. The van der Waals surface area contributed by atoms with Gasteiger partial charge in [0.25, 0.3) is 0 Å². The van der Waals surface area contributed by atoms with E-state index in [1.807, 2.05) is 6.92 Å². The molecule has 6 nitrogen and oxygen atoms in total. The van der Waals surface area contributed by atoms with Gasteiger partial charge in [0, 0.05) is 23.7 Å². The Morgan fingerprint density at radius 2 is 1.76 bits per heavy atom. The second kappa shape index (κ2) is 7.19. The lowest BCUT2D eigenvalue weighted by molar-refractivity contribution is -0.302. The lowest BCUT2D eigenvalue weighted by Crippen LogP contribution is -2.67. The quantitative estimate of drug-likeness (QED) is 0.415. The van der Waals surface area contributed by atoms with Crippen molar-refractivity contribution >= 4 is 11.6 Å². The number of carbonyl (C=O) groups excluding carboxylic acids is 2. The van der Waals surface area contributed by atoms with Crippen LogP contribution in [0.1, 0.15) is 86.5 Å². The molecule has 7 atom stereocenters. The number of rotatable bonds is 2. The van der Waals surface area contributed by atoms with E-state index in [-0.39, 0.29) is 40.1 Å². The Labute approximate surface area is 203 Å². The van der Waals surface area contributed by atoms with E-state index in [1.54, 1.807) is 6.08 Å². The number of methoxy groups -OCH3 is 1. The Balaban J connectivity index is 1.63. The first-order valence-electron chi connectivity index (χ1n) is 12.9. The van der Waals surface area contributed by atoms with E-state index in [1.165, 1.54) is 7.11 Å². The van der Waals surface area contributed by atoms with Crippen molar-refractivity contribution in [1.82, 2.24) is 0 Å². The second-order valence-electron chi connectivity index (χ2n) is 12.8. The van der Waals surface area contributed by atoms with E-state index in [0.717, 1.165) is 37.7 Å². The fourth-order valence-corrected chi connectivity index (χ4v) is 9.44. The molecule has 1 spiro atoms. The highest BCUT2D eigenvalue weighted by molar-refractivity contribution is 6.04. The summed E-state index contributed by atoms with van der Waals surface area (Å²) in [6.45, 7) is 13.1. The third kappa shape index (κ3) is 2.59. The van der Waals surface area contributed by atoms with E-state index in [4.69, 9.17) is 14.4 Å². The molecule has 1 aliphatic heterocycles. The van der Waals surface area contributed by atoms with E-state index in [0.29, 0.717) is 29.8 Å². The Morgan fingerprint density at radius 1 is 1.06 bits per heavy atom. The topological polar surface area (TPSA) is 82.1 Å². The maximum atomic E-state index is 13.5. The molecule has 188 valence electrons.